The van der Waals surface area contributed by atoms with Gasteiger partial charge in [-0.25, -0.2) is 0 Å². The summed E-state index contributed by atoms with van der Waals surface area (Å²) >= 11 is 0. The first kappa shape index (κ1) is 14.7. The molecule has 0 spiro atoms. The predicted molar refractivity (Wildman–Crippen MR) is 72.7 cm³/mol. The molecule has 1 rings (SSSR count). The van der Waals surface area contributed by atoms with Gasteiger partial charge in [0.2, 0.25) is 0 Å². The van der Waals surface area contributed by atoms with Crippen LogP contribution in [0, 0.1) is 0 Å². The average Bonchev–Trinajstić information content (AvgIpc) is 2.43. The molecule has 1 aromatic rings. The summed E-state index contributed by atoms with van der Waals surface area (Å²) in [7, 11) is 1.66. The van der Waals surface area contributed by atoms with Gasteiger partial charge in [-0.1, -0.05) is 31.2 Å². The van der Waals surface area contributed by atoms with E-state index in [9.17, 15) is 5.11 Å². The van der Waals surface area contributed by atoms with Crippen molar-refractivity contribution in [2.24, 2.45) is 0 Å². The van der Waals surface area contributed by atoms with Gasteiger partial charge in [-0.15, -0.1) is 0 Å². The van der Waals surface area contributed by atoms with E-state index < -0.39 is 0 Å². The highest BCUT2D eigenvalue weighted by atomic mass is 16.5. The Bertz CT molecular complexity index is 343. The molecule has 18 heavy (non-hydrogen) atoms. The second kappa shape index (κ2) is 8.72. The van der Waals surface area contributed by atoms with Crippen LogP contribution in [0.15, 0.2) is 36.4 Å². The minimum Gasteiger partial charge on any atom is -0.497 e. The van der Waals surface area contributed by atoms with E-state index in [1.54, 1.807) is 7.11 Å². The molecule has 1 atom stereocenters. The summed E-state index contributed by atoms with van der Waals surface area (Å²) in [6.45, 7) is 3.22. The van der Waals surface area contributed by atoms with Crippen molar-refractivity contribution in [3.05, 3.63) is 42.0 Å². The molecule has 0 fully saturated rings. The summed E-state index contributed by atoms with van der Waals surface area (Å²) in [6, 6.07) is 7.84. The molecule has 100 valence electrons. The van der Waals surface area contributed by atoms with Gasteiger partial charge >= 0.3 is 0 Å². The maximum atomic E-state index is 9.30. The zero-order valence-electron chi connectivity index (χ0n) is 11.1. The molecule has 3 nitrogen and oxygen atoms in total. The van der Waals surface area contributed by atoms with Crippen LogP contribution in [0.5, 0.6) is 5.75 Å². The molecule has 0 aliphatic carbocycles. The zero-order valence-corrected chi connectivity index (χ0v) is 11.1. The normalized spacial score (nSPS) is 12.8. The summed E-state index contributed by atoms with van der Waals surface area (Å²) in [5.41, 5.74) is 1.13. The lowest BCUT2D eigenvalue weighted by Crippen LogP contribution is -1.99. The smallest absolute Gasteiger partial charge is 0.118 e. The number of benzene rings is 1. The summed E-state index contributed by atoms with van der Waals surface area (Å²) in [4.78, 5) is 0. The molecule has 0 saturated carbocycles. The van der Waals surface area contributed by atoms with Crippen molar-refractivity contribution >= 4 is 0 Å². The lowest BCUT2D eigenvalue weighted by molar-refractivity contribution is 0.125. The van der Waals surface area contributed by atoms with E-state index in [-0.39, 0.29) is 6.10 Å². The van der Waals surface area contributed by atoms with Crippen LogP contribution in [-0.2, 0) is 11.3 Å². The van der Waals surface area contributed by atoms with Crippen molar-refractivity contribution in [2.75, 3.05) is 13.7 Å². The molecule has 0 aliphatic rings. The standard InChI is InChI=1S/C15H22O3/c1-3-14(16)6-4-5-11-18-12-13-7-9-15(17-2)10-8-13/h4,6-10,14,16H,3,5,11-12H2,1-2H3/b6-4+/t14-/m0/s1. The van der Waals surface area contributed by atoms with Crippen molar-refractivity contribution < 1.29 is 14.6 Å². The number of aliphatic hydroxyl groups excluding tert-OH is 1. The number of ether oxygens (including phenoxy) is 2. The summed E-state index contributed by atoms with van der Waals surface area (Å²) in [5.74, 6) is 0.857. The van der Waals surface area contributed by atoms with Gasteiger partial charge in [0.05, 0.1) is 26.4 Å². The number of hydrogen-bond acceptors (Lipinski definition) is 3. The molecule has 0 aromatic heterocycles. The number of aliphatic hydroxyl groups is 1. The second-order valence-electron chi connectivity index (χ2n) is 4.09. The summed E-state index contributed by atoms with van der Waals surface area (Å²) in [5, 5.41) is 9.30. The molecule has 3 heteroatoms. The van der Waals surface area contributed by atoms with E-state index in [0.717, 1.165) is 24.2 Å². The number of methoxy groups -OCH3 is 1. The molecule has 0 aliphatic heterocycles. The van der Waals surface area contributed by atoms with Gasteiger partial charge in [0.15, 0.2) is 0 Å². The monoisotopic (exact) mass is 250 g/mol. The van der Waals surface area contributed by atoms with Crippen molar-refractivity contribution in [3.63, 3.8) is 0 Å². The van der Waals surface area contributed by atoms with E-state index in [1.165, 1.54) is 0 Å². The molecule has 0 heterocycles. The Kier molecular flexibility index (Phi) is 7.14. The maximum Gasteiger partial charge on any atom is 0.118 e. The quantitative estimate of drug-likeness (QED) is 0.569. The lowest BCUT2D eigenvalue weighted by atomic mass is 10.2. The SMILES string of the molecule is CC[C@H](O)/C=C/CCOCc1ccc(OC)cc1. The fourth-order valence-electron chi connectivity index (χ4n) is 1.45. The predicted octanol–water partition coefficient (Wildman–Crippen LogP) is 2.93. The van der Waals surface area contributed by atoms with E-state index in [1.807, 2.05) is 43.3 Å². The van der Waals surface area contributed by atoms with Gasteiger partial charge in [-0.3, -0.25) is 0 Å². The highest BCUT2D eigenvalue weighted by Crippen LogP contribution is 2.11. The van der Waals surface area contributed by atoms with Crippen LogP contribution in [0.3, 0.4) is 0 Å². The topological polar surface area (TPSA) is 38.7 Å². The van der Waals surface area contributed by atoms with Crippen LogP contribution in [0.1, 0.15) is 25.3 Å². The van der Waals surface area contributed by atoms with Crippen molar-refractivity contribution in [2.45, 2.75) is 32.5 Å². The third kappa shape index (κ3) is 5.84. The van der Waals surface area contributed by atoms with Crippen molar-refractivity contribution in [1.82, 2.24) is 0 Å². The molecule has 0 radical (unpaired) electrons. The first-order valence-electron chi connectivity index (χ1n) is 6.31. The molecule has 0 saturated heterocycles. The van der Waals surface area contributed by atoms with E-state index in [4.69, 9.17) is 9.47 Å². The molecule has 0 bridgehead atoms. The van der Waals surface area contributed by atoms with Gasteiger partial charge in [0.1, 0.15) is 5.75 Å². The number of rotatable bonds is 8. The Labute approximate surface area is 109 Å². The highest BCUT2D eigenvalue weighted by Gasteiger charge is 1.95. The van der Waals surface area contributed by atoms with Crippen LogP contribution in [-0.4, -0.2) is 24.9 Å². The third-order valence-corrected chi connectivity index (χ3v) is 2.63. The number of hydrogen-bond donors (Lipinski definition) is 1. The largest absolute Gasteiger partial charge is 0.497 e. The third-order valence-electron chi connectivity index (χ3n) is 2.63. The van der Waals surface area contributed by atoms with Crippen LogP contribution >= 0.6 is 0 Å². The minimum atomic E-state index is -0.327. The van der Waals surface area contributed by atoms with Crippen LogP contribution < -0.4 is 4.74 Å². The van der Waals surface area contributed by atoms with E-state index in [2.05, 4.69) is 0 Å². The Hall–Kier alpha value is -1.32. The minimum absolute atomic E-state index is 0.327. The molecule has 0 amide bonds. The van der Waals surface area contributed by atoms with Crippen LogP contribution in [0.4, 0.5) is 0 Å². The van der Waals surface area contributed by atoms with Crippen LogP contribution in [0.2, 0.25) is 0 Å². The molecular weight excluding hydrogens is 228 g/mol. The van der Waals surface area contributed by atoms with E-state index >= 15 is 0 Å². The lowest BCUT2D eigenvalue weighted by Gasteiger charge is -2.04. The Morgan fingerprint density at radius 3 is 2.61 bits per heavy atom. The summed E-state index contributed by atoms with van der Waals surface area (Å²) in [6.07, 6.45) is 5.03. The second-order valence-corrected chi connectivity index (χ2v) is 4.09. The van der Waals surface area contributed by atoms with Gasteiger partial charge in [-0.2, -0.15) is 0 Å². The van der Waals surface area contributed by atoms with Gasteiger partial charge in [-0.05, 0) is 30.5 Å². The van der Waals surface area contributed by atoms with Gasteiger partial charge in [0, 0.05) is 0 Å². The average molecular weight is 250 g/mol. The molecular formula is C15H22O3. The van der Waals surface area contributed by atoms with E-state index in [0.29, 0.717) is 13.2 Å². The molecule has 0 unspecified atom stereocenters. The molecule has 1 N–H and O–H groups in total. The van der Waals surface area contributed by atoms with Crippen LogP contribution in [0.25, 0.3) is 0 Å². The highest BCUT2D eigenvalue weighted by molar-refractivity contribution is 5.26. The van der Waals surface area contributed by atoms with Gasteiger partial charge in [0.25, 0.3) is 0 Å². The summed E-state index contributed by atoms with van der Waals surface area (Å²) < 4.78 is 10.6. The fraction of sp³-hybridized carbons (Fsp3) is 0.467. The first-order chi connectivity index (χ1) is 8.76. The maximum absolute atomic E-state index is 9.30. The van der Waals surface area contributed by atoms with Crippen molar-refractivity contribution in [3.8, 4) is 5.75 Å². The van der Waals surface area contributed by atoms with Gasteiger partial charge < -0.3 is 14.6 Å². The Balaban J connectivity index is 2.15. The van der Waals surface area contributed by atoms with Crippen molar-refractivity contribution in [1.29, 1.82) is 0 Å². The fourth-order valence-corrected chi connectivity index (χ4v) is 1.45. The zero-order chi connectivity index (χ0) is 13.2. The molecule has 1 aromatic carbocycles. The first-order valence-corrected chi connectivity index (χ1v) is 6.31. The Morgan fingerprint density at radius 1 is 1.28 bits per heavy atom. The Morgan fingerprint density at radius 2 is 2.00 bits per heavy atom.